The summed E-state index contributed by atoms with van der Waals surface area (Å²) in [6.45, 7) is -0.146. The maximum atomic E-state index is 13.4. The Hall–Kier alpha value is -4.33. The number of carbonyl (C=O) groups is 2. The van der Waals surface area contributed by atoms with Crippen LogP contribution in [0.25, 0.3) is 16.9 Å². The molecule has 0 fully saturated rings. The summed E-state index contributed by atoms with van der Waals surface area (Å²) in [4.78, 5) is 28.1. The quantitative estimate of drug-likeness (QED) is 0.235. The van der Waals surface area contributed by atoms with Crippen LogP contribution in [0, 0.1) is 0 Å². The van der Waals surface area contributed by atoms with Crippen LogP contribution in [0.5, 0.6) is 0 Å². The maximum absolute atomic E-state index is 13.4. The van der Waals surface area contributed by atoms with Gasteiger partial charge in [0.05, 0.1) is 34.2 Å². The smallest absolute Gasteiger partial charge is 0.254 e. The monoisotopic (exact) mass is 544 g/mol. The van der Waals surface area contributed by atoms with E-state index >= 15 is 0 Å². The van der Waals surface area contributed by atoms with Gasteiger partial charge in [-0.2, -0.15) is 5.10 Å². The van der Waals surface area contributed by atoms with Crippen molar-refractivity contribution in [3.8, 4) is 16.9 Å². The lowest BCUT2D eigenvalue weighted by Crippen LogP contribution is -2.37. The van der Waals surface area contributed by atoms with E-state index < -0.39 is 11.8 Å². The fourth-order valence-corrected chi connectivity index (χ4v) is 4.24. The Labute approximate surface area is 229 Å². The average molecular weight is 545 g/mol. The van der Waals surface area contributed by atoms with Crippen LogP contribution in [-0.4, -0.2) is 33.0 Å². The molecule has 0 unspecified atom stereocenters. The van der Waals surface area contributed by atoms with Crippen LogP contribution in [0.2, 0.25) is 10.0 Å². The Kier molecular flexibility index (Phi) is 7.58. The van der Waals surface area contributed by atoms with E-state index in [4.69, 9.17) is 32.7 Å². The number of rotatable bonds is 8. The molecule has 0 atom stereocenters. The normalized spacial score (nSPS) is 10.8. The molecule has 190 valence electrons. The van der Waals surface area contributed by atoms with Gasteiger partial charge in [-0.1, -0.05) is 71.7 Å². The highest BCUT2D eigenvalue weighted by atomic mass is 35.5. The predicted molar refractivity (Wildman–Crippen MR) is 148 cm³/mol. The number of furan rings is 1. The second kappa shape index (κ2) is 11.4. The zero-order valence-corrected chi connectivity index (χ0v) is 21.6. The van der Waals surface area contributed by atoms with Gasteiger partial charge >= 0.3 is 0 Å². The van der Waals surface area contributed by atoms with E-state index in [1.165, 1.54) is 17.2 Å². The molecule has 0 bridgehead atoms. The minimum Gasteiger partial charge on any atom is -0.467 e. The van der Waals surface area contributed by atoms with Gasteiger partial charge in [-0.25, -0.2) is 4.68 Å². The van der Waals surface area contributed by atoms with Crippen molar-refractivity contribution in [2.75, 3.05) is 11.9 Å². The molecule has 38 heavy (non-hydrogen) atoms. The number of carbonyl (C=O) groups excluding carboxylic acids is 2. The number of anilines is 1. The second-order valence-electron chi connectivity index (χ2n) is 8.45. The van der Waals surface area contributed by atoms with Crippen LogP contribution in [-0.2, 0) is 11.3 Å². The highest BCUT2D eigenvalue weighted by molar-refractivity contribution is 6.42. The highest BCUT2D eigenvalue weighted by Gasteiger charge is 2.22. The number of hydrogen-bond donors (Lipinski definition) is 1. The molecule has 5 rings (SSSR count). The summed E-state index contributed by atoms with van der Waals surface area (Å²) in [7, 11) is 0. The van der Waals surface area contributed by atoms with Crippen LogP contribution >= 0.6 is 23.2 Å². The molecule has 0 aliphatic rings. The molecule has 2 aromatic heterocycles. The molecule has 2 amide bonds. The number of hydrogen-bond acceptors (Lipinski definition) is 4. The van der Waals surface area contributed by atoms with E-state index in [1.54, 1.807) is 35.0 Å². The number of halogens is 2. The molecule has 0 spiro atoms. The van der Waals surface area contributed by atoms with E-state index in [9.17, 15) is 9.59 Å². The third-order valence-corrected chi connectivity index (χ3v) is 6.50. The molecule has 0 radical (unpaired) electrons. The van der Waals surface area contributed by atoms with Gasteiger partial charge in [0.1, 0.15) is 18.1 Å². The minimum atomic E-state index is -0.401. The van der Waals surface area contributed by atoms with Crippen molar-refractivity contribution < 1.29 is 14.0 Å². The van der Waals surface area contributed by atoms with E-state index in [1.807, 2.05) is 60.7 Å². The van der Waals surface area contributed by atoms with Crippen LogP contribution < -0.4 is 5.32 Å². The standard InChI is InChI=1S/C29H22Cl2N4O3/c30-24-14-13-21(16-25(24)31)29(37)34(18-23-12-7-15-38-23)19-28(36)32-27-17-26(20-8-3-1-4-9-20)33-35(27)22-10-5-2-6-11-22/h1-17H,18-19H2,(H,32,36). The molecule has 7 nitrogen and oxygen atoms in total. The summed E-state index contributed by atoms with van der Waals surface area (Å²) in [6, 6.07) is 29.0. The molecule has 0 saturated heterocycles. The lowest BCUT2D eigenvalue weighted by molar-refractivity contribution is -0.117. The molecule has 9 heteroatoms. The van der Waals surface area contributed by atoms with Crippen LogP contribution in [0.3, 0.4) is 0 Å². The van der Waals surface area contributed by atoms with Crippen molar-refractivity contribution in [1.82, 2.24) is 14.7 Å². The molecule has 0 saturated carbocycles. The summed E-state index contributed by atoms with van der Waals surface area (Å²) >= 11 is 12.2. The minimum absolute atomic E-state index is 0.0900. The molecule has 1 N–H and O–H groups in total. The highest BCUT2D eigenvalue weighted by Crippen LogP contribution is 2.26. The van der Waals surface area contributed by atoms with Gasteiger partial charge in [0.25, 0.3) is 5.91 Å². The topological polar surface area (TPSA) is 80.4 Å². The molecule has 5 aromatic rings. The first-order chi connectivity index (χ1) is 18.5. The summed E-state index contributed by atoms with van der Waals surface area (Å²) in [6.07, 6.45) is 1.51. The zero-order chi connectivity index (χ0) is 26.5. The van der Waals surface area contributed by atoms with Gasteiger partial charge < -0.3 is 14.6 Å². The average Bonchev–Trinajstić information content (AvgIpc) is 3.61. The van der Waals surface area contributed by atoms with Crippen LogP contribution in [0.4, 0.5) is 5.82 Å². The molecular formula is C29H22Cl2N4O3. The summed E-state index contributed by atoms with van der Waals surface area (Å²) in [5.74, 6) is 0.213. The fraction of sp³-hybridized carbons (Fsp3) is 0.0690. The first-order valence-electron chi connectivity index (χ1n) is 11.8. The van der Waals surface area contributed by atoms with Crippen molar-refractivity contribution in [3.05, 3.63) is 125 Å². The molecule has 2 heterocycles. The van der Waals surface area contributed by atoms with Gasteiger partial charge in [0, 0.05) is 17.2 Å². The fourth-order valence-electron chi connectivity index (χ4n) is 3.94. The number of nitrogens with zero attached hydrogens (tertiary/aromatic N) is 3. The molecule has 0 aliphatic carbocycles. The first-order valence-corrected chi connectivity index (χ1v) is 12.5. The van der Waals surface area contributed by atoms with E-state index in [0.29, 0.717) is 27.9 Å². The van der Waals surface area contributed by atoms with Gasteiger partial charge in [-0.3, -0.25) is 9.59 Å². The number of aromatic nitrogens is 2. The summed E-state index contributed by atoms with van der Waals surface area (Å²) in [5, 5.41) is 8.23. The Morgan fingerprint density at radius 2 is 1.61 bits per heavy atom. The second-order valence-corrected chi connectivity index (χ2v) is 9.26. The van der Waals surface area contributed by atoms with Crippen LogP contribution in [0.15, 0.2) is 108 Å². The van der Waals surface area contributed by atoms with Crippen molar-refractivity contribution >= 4 is 40.8 Å². The number of benzene rings is 3. The number of amides is 2. The SMILES string of the molecule is O=C(CN(Cc1ccco1)C(=O)c1ccc(Cl)c(Cl)c1)Nc1cc(-c2ccccc2)nn1-c1ccccc1. The van der Waals surface area contributed by atoms with Crippen LogP contribution in [0.1, 0.15) is 16.1 Å². The molecule has 0 aliphatic heterocycles. The maximum Gasteiger partial charge on any atom is 0.254 e. The zero-order valence-electron chi connectivity index (χ0n) is 20.1. The van der Waals surface area contributed by atoms with Gasteiger partial charge in [0.2, 0.25) is 5.91 Å². The van der Waals surface area contributed by atoms with Gasteiger partial charge in [-0.05, 0) is 42.5 Å². The summed E-state index contributed by atoms with van der Waals surface area (Å²) in [5.41, 5.74) is 2.69. The lowest BCUT2D eigenvalue weighted by atomic mass is 10.1. The van der Waals surface area contributed by atoms with Crippen molar-refractivity contribution in [2.24, 2.45) is 0 Å². The van der Waals surface area contributed by atoms with Gasteiger partial charge in [0.15, 0.2) is 0 Å². The third kappa shape index (κ3) is 5.80. The van der Waals surface area contributed by atoms with E-state index in [2.05, 4.69) is 5.32 Å². The third-order valence-electron chi connectivity index (χ3n) is 5.76. The van der Waals surface area contributed by atoms with E-state index in [-0.39, 0.29) is 18.1 Å². The van der Waals surface area contributed by atoms with E-state index in [0.717, 1.165) is 11.3 Å². The number of para-hydroxylation sites is 1. The van der Waals surface area contributed by atoms with Crippen molar-refractivity contribution in [1.29, 1.82) is 0 Å². The summed E-state index contributed by atoms with van der Waals surface area (Å²) < 4.78 is 7.10. The molecule has 3 aromatic carbocycles. The van der Waals surface area contributed by atoms with Crippen molar-refractivity contribution in [2.45, 2.75) is 6.54 Å². The lowest BCUT2D eigenvalue weighted by Gasteiger charge is -2.21. The van der Waals surface area contributed by atoms with Crippen molar-refractivity contribution in [3.63, 3.8) is 0 Å². The Morgan fingerprint density at radius 3 is 2.29 bits per heavy atom. The Balaban J connectivity index is 1.42. The van der Waals surface area contributed by atoms with Gasteiger partial charge in [-0.15, -0.1) is 0 Å². The molecular weight excluding hydrogens is 523 g/mol. The predicted octanol–water partition coefficient (Wildman–Crippen LogP) is 6.72. The Morgan fingerprint density at radius 1 is 0.868 bits per heavy atom. The largest absolute Gasteiger partial charge is 0.467 e. The number of nitrogens with one attached hydrogen (secondary N) is 1. The first kappa shape index (κ1) is 25.3. The Bertz CT molecular complexity index is 1550.